The Morgan fingerprint density at radius 3 is 1.94 bits per heavy atom. The molecule has 0 aromatic carbocycles. The van der Waals surface area contributed by atoms with Gasteiger partial charge in [-0.1, -0.05) is 26.7 Å². The lowest BCUT2D eigenvalue weighted by Crippen LogP contribution is -2.42. The third kappa shape index (κ3) is 6.40. The standard InChI is InChI=1S/C11H21NO4/c1-3-5-6-9(4-2)12(7-10(13)14)8-11(15)16/h9H,3-8H2,1-2H3,(H,13,14)(H,15,16). The van der Waals surface area contributed by atoms with E-state index < -0.39 is 11.9 Å². The molecule has 0 aliphatic rings. The third-order valence-corrected chi connectivity index (χ3v) is 2.56. The number of carboxylic acids is 2. The zero-order valence-electron chi connectivity index (χ0n) is 9.98. The van der Waals surface area contributed by atoms with Gasteiger partial charge in [0.05, 0.1) is 13.1 Å². The molecule has 0 aromatic rings. The Labute approximate surface area is 96.1 Å². The Kier molecular flexibility index (Phi) is 7.54. The summed E-state index contributed by atoms with van der Waals surface area (Å²) < 4.78 is 0. The zero-order chi connectivity index (χ0) is 12.6. The first-order valence-corrected chi connectivity index (χ1v) is 5.68. The lowest BCUT2D eigenvalue weighted by molar-refractivity contribution is -0.143. The fourth-order valence-corrected chi connectivity index (χ4v) is 1.75. The summed E-state index contributed by atoms with van der Waals surface area (Å²) >= 11 is 0. The predicted molar refractivity (Wildman–Crippen MR) is 60.4 cm³/mol. The summed E-state index contributed by atoms with van der Waals surface area (Å²) in [6.07, 6.45) is 3.66. The van der Waals surface area contributed by atoms with Crippen LogP contribution in [0.4, 0.5) is 0 Å². The van der Waals surface area contributed by atoms with Crippen molar-refractivity contribution in [3.05, 3.63) is 0 Å². The molecule has 5 heteroatoms. The van der Waals surface area contributed by atoms with E-state index in [1.165, 1.54) is 4.90 Å². The lowest BCUT2D eigenvalue weighted by atomic mass is 10.1. The van der Waals surface area contributed by atoms with E-state index in [9.17, 15) is 9.59 Å². The van der Waals surface area contributed by atoms with Crippen molar-refractivity contribution in [2.75, 3.05) is 13.1 Å². The number of nitrogens with zero attached hydrogens (tertiary/aromatic N) is 1. The molecule has 2 N–H and O–H groups in total. The molecule has 0 saturated heterocycles. The molecule has 0 heterocycles. The molecule has 0 aliphatic heterocycles. The summed E-state index contributed by atoms with van der Waals surface area (Å²) in [5, 5.41) is 17.5. The first kappa shape index (κ1) is 14.9. The van der Waals surface area contributed by atoms with Crippen LogP contribution in [0.15, 0.2) is 0 Å². The van der Waals surface area contributed by atoms with E-state index in [-0.39, 0.29) is 19.1 Å². The van der Waals surface area contributed by atoms with Gasteiger partial charge in [0.25, 0.3) is 0 Å². The number of aliphatic carboxylic acids is 2. The summed E-state index contributed by atoms with van der Waals surface area (Å²) in [7, 11) is 0. The van der Waals surface area contributed by atoms with Gasteiger partial charge >= 0.3 is 11.9 Å². The van der Waals surface area contributed by atoms with Gasteiger partial charge < -0.3 is 10.2 Å². The number of hydrogen-bond donors (Lipinski definition) is 2. The fourth-order valence-electron chi connectivity index (χ4n) is 1.75. The molecule has 0 fully saturated rings. The fraction of sp³-hybridized carbons (Fsp3) is 0.818. The van der Waals surface area contributed by atoms with Crippen molar-refractivity contribution in [1.29, 1.82) is 0 Å². The van der Waals surface area contributed by atoms with Crippen molar-refractivity contribution in [2.45, 2.75) is 45.6 Å². The van der Waals surface area contributed by atoms with E-state index in [0.717, 1.165) is 25.7 Å². The van der Waals surface area contributed by atoms with Crippen LogP contribution in [0.2, 0.25) is 0 Å². The molecule has 94 valence electrons. The van der Waals surface area contributed by atoms with Gasteiger partial charge in [0, 0.05) is 6.04 Å². The zero-order valence-corrected chi connectivity index (χ0v) is 9.98. The van der Waals surface area contributed by atoms with Crippen LogP contribution >= 0.6 is 0 Å². The van der Waals surface area contributed by atoms with Crippen molar-refractivity contribution in [3.63, 3.8) is 0 Å². The smallest absolute Gasteiger partial charge is 0.317 e. The van der Waals surface area contributed by atoms with Crippen LogP contribution in [0, 0.1) is 0 Å². The normalized spacial score (nSPS) is 12.7. The highest BCUT2D eigenvalue weighted by Gasteiger charge is 2.21. The van der Waals surface area contributed by atoms with Crippen molar-refractivity contribution < 1.29 is 19.8 Å². The molecule has 1 atom stereocenters. The van der Waals surface area contributed by atoms with Crippen LogP contribution < -0.4 is 0 Å². The van der Waals surface area contributed by atoms with Crippen molar-refractivity contribution in [2.24, 2.45) is 0 Å². The van der Waals surface area contributed by atoms with Crippen LogP contribution in [0.1, 0.15) is 39.5 Å². The molecule has 0 aromatic heterocycles. The highest BCUT2D eigenvalue weighted by atomic mass is 16.4. The monoisotopic (exact) mass is 231 g/mol. The maximum Gasteiger partial charge on any atom is 0.317 e. The van der Waals surface area contributed by atoms with Crippen LogP contribution in [0.25, 0.3) is 0 Å². The summed E-state index contributed by atoms with van der Waals surface area (Å²) in [4.78, 5) is 22.8. The van der Waals surface area contributed by atoms with Crippen molar-refractivity contribution in [1.82, 2.24) is 4.90 Å². The Morgan fingerprint density at radius 2 is 1.62 bits per heavy atom. The van der Waals surface area contributed by atoms with Crippen LogP contribution in [0.5, 0.6) is 0 Å². The summed E-state index contributed by atoms with van der Waals surface area (Å²) in [6, 6.07) is 0.0483. The molecule has 0 aliphatic carbocycles. The second-order valence-electron chi connectivity index (χ2n) is 3.90. The Morgan fingerprint density at radius 1 is 1.12 bits per heavy atom. The first-order chi connectivity index (χ1) is 7.51. The maximum atomic E-state index is 10.7. The number of carbonyl (C=O) groups is 2. The van der Waals surface area contributed by atoms with Crippen LogP contribution in [0.3, 0.4) is 0 Å². The minimum absolute atomic E-state index is 0.0483. The summed E-state index contributed by atoms with van der Waals surface area (Å²) in [5.74, 6) is -1.95. The second kappa shape index (κ2) is 8.10. The third-order valence-electron chi connectivity index (χ3n) is 2.56. The van der Waals surface area contributed by atoms with E-state index in [1.54, 1.807) is 0 Å². The summed E-state index contributed by atoms with van der Waals surface area (Å²) in [6.45, 7) is 3.62. The van der Waals surface area contributed by atoms with Gasteiger partial charge in [0.15, 0.2) is 0 Å². The predicted octanol–water partition coefficient (Wildman–Crippen LogP) is 1.43. The SMILES string of the molecule is CCCCC(CC)N(CC(=O)O)CC(=O)O. The van der Waals surface area contributed by atoms with Gasteiger partial charge in [-0.2, -0.15) is 0 Å². The number of hydrogen-bond acceptors (Lipinski definition) is 3. The minimum Gasteiger partial charge on any atom is -0.480 e. The van der Waals surface area contributed by atoms with E-state index in [1.807, 2.05) is 6.92 Å². The van der Waals surface area contributed by atoms with E-state index in [0.29, 0.717) is 0 Å². The van der Waals surface area contributed by atoms with Gasteiger partial charge in [0.1, 0.15) is 0 Å². The molecule has 1 unspecified atom stereocenters. The number of unbranched alkanes of at least 4 members (excludes halogenated alkanes) is 1. The Balaban J connectivity index is 4.41. The van der Waals surface area contributed by atoms with Crippen LogP contribution in [-0.4, -0.2) is 46.2 Å². The highest BCUT2D eigenvalue weighted by Crippen LogP contribution is 2.12. The topological polar surface area (TPSA) is 77.8 Å². The largest absolute Gasteiger partial charge is 0.480 e. The number of rotatable bonds is 9. The molecule has 0 spiro atoms. The van der Waals surface area contributed by atoms with Crippen molar-refractivity contribution >= 4 is 11.9 Å². The van der Waals surface area contributed by atoms with Gasteiger partial charge in [0.2, 0.25) is 0 Å². The van der Waals surface area contributed by atoms with Gasteiger partial charge in [-0.25, -0.2) is 0 Å². The molecule has 5 nitrogen and oxygen atoms in total. The second-order valence-corrected chi connectivity index (χ2v) is 3.90. The molecule has 0 radical (unpaired) electrons. The molecular formula is C11H21NO4. The quantitative estimate of drug-likeness (QED) is 0.627. The molecule has 0 bridgehead atoms. The molecule has 0 amide bonds. The highest BCUT2D eigenvalue weighted by molar-refractivity contribution is 5.72. The summed E-state index contributed by atoms with van der Waals surface area (Å²) in [5.41, 5.74) is 0. The van der Waals surface area contributed by atoms with Gasteiger partial charge in [-0.05, 0) is 12.8 Å². The molecule has 16 heavy (non-hydrogen) atoms. The van der Waals surface area contributed by atoms with E-state index >= 15 is 0 Å². The minimum atomic E-state index is -0.976. The van der Waals surface area contributed by atoms with E-state index in [4.69, 9.17) is 10.2 Å². The van der Waals surface area contributed by atoms with E-state index in [2.05, 4.69) is 6.92 Å². The van der Waals surface area contributed by atoms with Crippen molar-refractivity contribution in [3.8, 4) is 0 Å². The molecule has 0 rings (SSSR count). The average molecular weight is 231 g/mol. The van der Waals surface area contributed by atoms with Gasteiger partial charge in [-0.3, -0.25) is 14.5 Å². The lowest BCUT2D eigenvalue weighted by Gasteiger charge is -2.28. The Hall–Kier alpha value is -1.10. The first-order valence-electron chi connectivity index (χ1n) is 5.68. The average Bonchev–Trinajstić information content (AvgIpc) is 2.16. The van der Waals surface area contributed by atoms with Gasteiger partial charge in [-0.15, -0.1) is 0 Å². The number of carboxylic acid groups (broad SMARTS) is 2. The van der Waals surface area contributed by atoms with Crippen LogP contribution in [-0.2, 0) is 9.59 Å². The maximum absolute atomic E-state index is 10.7. The molecule has 0 saturated carbocycles. The Bertz CT molecular complexity index is 214. The molecular weight excluding hydrogens is 210 g/mol.